The monoisotopic (exact) mass is 184 g/mol. The molecular weight excluding hydrogens is 172 g/mol. The van der Waals surface area contributed by atoms with Gasteiger partial charge in [-0.2, -0.15) is 0 Å². The van der Waals surface area contributed by atoms with Crippen molar-refractivity contribution in [3.05, 3.63) is 48.6 Å². The van der Waals surface area contributed by atoms with Crippen LogP contribution in [-0.2, 0) is 0 Å². The van der Waals surface area contributed by atoms with Crippen LogP contribution in [0.5, 0.6) is 0 Å². The van der Waals surface area contributed by atoms with Gasteiger partial charge in [0, 0.05) is 0 Å². The molecule has 0 aliphatic carbocycles. The van der Waals surface area contributed by atoms with Gasteiger partial charge in [0.15, 0.2) is 0 Å². The quantitative estimate of drug-likeness (QED) is 0.427. The number of rotatable bonds is 3. The van der Waals surface area contributed by atoms with E-state index in [9.17, 15) is 0 Å². The molecular formula is C9H13ClN2. The molecule has 0 spiro atoms. The molecule has 0 heterocycles. The second kappa shape index (κ2) is 5.77. The molecule has 0 amide bonds. The number of hydrazine groups is 1. The van der Waals surface area contributed by atoms with Gasteiger partial charge in [-0.3, -0.25) is 5.84 Å². The molecule has 2 nitrogen and oxygen atoms in total. The van der Waals surface area contributed by atoms with Crippen LogP contribution in [0, 0.1) is 0 Å². The van der Waals surface area contributed by atoms with Crippen LogP contribution < -0.4 is 11.3 Å². The Hall–Kier alpha value is -0.830. The summed E-state index contributed by atoms with van der Waals surface area (Å²) >= 11 is 0. The maximum Gasteiger partial charge on any atom is 0.0638 e. The Bertz CT molecular complexity index is 223. The zero-order chi connectivity index (χ0) is 8.10. The van der Waals surface area contributed by atoms with Crippen molar-refractivity contribution in [1.29, 1.82) is 0 Å². The summed E-state index contributed by atoms with van der Waals surface area (Å²) in [6.07, 6.45) is 1.77. The maximum atomic E-state index is 5.29. The summed E-state index contributed by atoms with van der Waals surface area (Å²) in [4.78, 5) is 0. The lowest BCUT2D eigenvalue weighted by atomic mass is 10.1. The normalized spacial score (nSPS) is 11.4. The first-order chi connectivity index (χ1) is 5.38. The summed E-state index contributed by atoms with van der Waals surface area (Å²) in [6, 6.07) is 9.99. The third kappa shape index (κ3) is 2.66. The highest BCUT2D eigenvalue weighted by Gasteiger charge is 2.01. The molecule has 0 aliphatic heterocycles. The Morgan fingerprint density at radius 2 is 1.92 bits per heavy atom. The summed E-state index contributed by atoms with van der Waals surface area (Å²) < 4.78 is 0. The largest absolute Gasteiger partial charge is 0.271 e. The van der Waals surface area contributed by atoms with Gasteiger partial charge in [-0.25, -0.2) is 5.43 Å². The molecule has 1 aromatic carbocycles. The molecule has 0 bridgehead atoms. The zero-order valence-corrected chi connectivity index (χ0v) is 7.55. The summed E-state index contributed by atoms with van der Waals surface area (Å²) in [5.41, 5.74) is 3.78. The maximum absolute atomic E-state index is 5.29. The molecule has 1 atom stereocenters. The SMILES string of the molecule is C=CC(NN)c1ccccc1.Cl. The fraction of sp³-hybridized carbons (Fsp3) is 0.111. The van der Waals surface area contributed by atoms with Crippen LogP contribution in [0.4, 0.5) is 0 Å². The van der Waals surface area contributed by atoms with E-state index in [-0.39, 0.29) is 18.4 Å². The first-order valence-corrected chi connectivity index (χ1v) is 3.52. The van der Waals surface area contributed by atoms with E-state index < -0.39 is 0 Å². The molecule has 0 aromatic heterocycles. The predicted octanol–water partition coefficient (Wildman–Crippen LogP) is 1.80. The van der Waals surface area contributed by atoms with Crippen molar-refractivity contribution in [3.8, 4) is 0 Å². The average molecular weight is 185 g/mol. The molecule has 3 heteroatoms. The standard InChI is InChI=1S/C9H12N2.ClH/c1-2-9(11-10)8-6-4-3-5-7-8;/h2-7,9,11H,1,10H2;1H. The molecule has 1 rings (SSSR count). The van der Waals surface area contributed by atoms with Gasteiger partial charge in [-0.1, -0.05) is 36.4 Å². The fourth-order valence-corrected chi connectivity index (χ4v) is 0.961. The first kappa shape index (κ1) is 11.2. The van der Waals surface area contributed by atoms with E-state index in [1.165, 1.54) is 0 Å². The number of nitrogens with two attached hydrogens (primary N) is 1. The minimum Gasteiger partial charge on any atom is -0.271 e. The van der Waals surface area contributed by atoms with E-state index in [4.69, 9.17) is 5.84 Å². The molecule has 0 aliphatic rings. The predicted molar refractivity (Wildman–Crippen MR) is 54.0 cm³/mol. The van der Waals surface area contributed by atoms with Crippen molar-refractivity contribution in [2.45, 2.75) is 6.04 Å². The van der Waals surface area contributed by atoms with Gasteiger partial charge in [0.2, 0.25) is 0 Å². The summed E-state index contributed by atoms with van der Waals surface area (Å²) in [6.45, 7) is 3.67. The lowest BCUT2D eigenvalue weighted by molar-refractivity contribution is 0.657. The van der Waals surface area contributed by atoms with Crippen LogP contribution in [0.15, 0.2) is 43.0 Å². The van der Waals surface area contributed by atoms with Crippen molar-refractivity contribution in [2.24, 2.45) is 5.84 Å². The van der Waals surface area contributed by atoms with E-state index >= 15 is 0 Å². The number of nitrogens with one attached hydrogen (secondary N) is 1. The molecule has 1 unspecified atom stereocenters. The number of benzene rings is 1. The van der Waals surface area contributed by atoms with Crippen molar-refractivity contribution in [2.75, 3.05) is 0 Å². The third-order valence-electron chi connectivity index (χ3n) is 1.57. The molecule has 12 heavy (non-hydrogen) atoms. The Morgan fingerprint density at radius 3 is 2.33 bits per heavy atom. The van der Waals surface area contributed by atoms with Gasteiger partial charge in [-0.05, 0) is 5.56 Å². The molecule has 66 valence electrons. The van der Waals surface area contributed by atoms with E-state index in [1.54, 1.807) is 6.08 Å². The molecule has 0 saturated heterocycles. The molecule has 0 fully saturated rings. The number of halogens is 1. The van der Waals surface area contributed by atoms with Crippen molar-refractivity contribution in [3.63, 3.8) is 0 Å². The van der Waals surface area contributed by atoms with Crippen LogP contribution in [0.1, 0.15) is 11.6 Å². The van der Waals surface area contributed by atoms with Crippen molar-refractivity contribution < 1.29 is 0 Å². The highest BCUT2D eigenvalue weighted by atomic mass is 35.5. The van der Waals surface area contributed by atoms with Crippen molar-refractivity contribution >= 4 is 12.4 Å². The number of hydrogen-bond donors (Lipinski definition) is 2. The third-order valence-corrected chi connectivity index (χ3v) is 1.57. The minimum atomic E-state index is 0. The van der Waals surface area contributed by atoms with Gasteiger partial charge >= 0.3 is 0 Å². The average Bonchev–Trinajstić information content (AvgIpc) is 2.09. The first-order valence-electron chi connectivity index (χ1n) is 3.52. The Balaban J connectivity index is 0.00000121. The molecule has 3 N–H and O–H groups in total. The molecule has 0 radical (unpaired) electrons. The Morgan fingerprint density at radius 1 is 1.33 bits per heavy atom. The Kier molecular flexibility index (Phi) is 5.37. The topological polar surface area (TPSA) is 38.0 Å². The highest BCUT2D eigenvalue weighted by molar-refractivity contribution is 5.85. The molecule has 0 saturated carbocycles. The van der Waals surface area contributed by atoms with Gasteiger partial charge < -0.3 is 0 Å². The van der Waals surface area contributed by atoms with Gasteiger partial charge in [0.1, 0.15) is 0 Å². The van der Waals surface area contributed by atoms with Crippen LogP contribution in [0.3, 0.4) is 0 Å². The second-order valence-corrected chi connectivity index (χ2v) is 2.29. The van der Waals surface area contributed by atoms with Gasteiger partial charge in [0.05, 0.1) is 6.04 Å². The highest BCUT2D eigenvalue weighted by Crippen LogP contribution is 2.10. The van der Waals surface area contributed by atoms with E-state index in [0.717, 1.165) is 5.56 Å². The van der Waals surface area contributed by atoms with E-state index in [0.29, 0.717) is 0 Å². The lowest BCUT2D eigenvalue weighted by Crippen LogP contribution is -2.26. The smallest absolute Gasteiger partial charge is 0.0638 e. The second-order valence-electron chi connectivity index (χ2n) is 2.29. The Labute approximate surface area is 78.8 Å². The van der Waals surface area contributed by atoms with Gasteiger partial charge in [0.25, 0.3) is 0 Å². The summed E-state index contributed by atoms with van der Waals surface area (Å²) in [5, 5.41) is 0. The van der Waals surface area contributed by atoms with Gasteiger partial charge in [-0.15, -0.1) is 19.0 Å². The fourth-order valence-electron chi connectivity index (χ4n) is 0.961. The van der Waals surface area contributed by atoms with E-state index in [1.807, 2.05) is 30.3 Å². The van der Waals surface area contributed by atoms with Crippen LogP contribution in [0.25, 0.3) is 0 Å². The zero-order valence-electron chi connectivity index (χ0n) is 6.73. The number of hydrogen-bond acceptors (Lipinski definition) is 2. The van der Waals surface area contributed by atoms with Crippen molar-refractivity contribution in [1.82, 2.24) is 5.43 Å². The van der Waals surface area contributed by atoms with Crippen LogP contribution >= 0.6 is 12.4 Å². The summed E-state index contributed by atoms with van der Waals surface area (Å²) in [5.74, 6) is 5.29. The minimum absolute atomic E-state index is 0. The molecule has 1 aromatic rings. The van der Waals surface area contributed by atoms with E-state index in [2.05, 4.69) is 12.0 Å². The lowest BCUT2D eigenvalue weighted by Gasteiger charge is -2.09. The van der Waals surface area contributed by atoms with Crippen LogP contribution in [0.2, 0.25) is 0 Å². The summed E-state index contributed by atoms with van der Waals surface area (Å²) in [7, 11) is 0. The van der Waals surface area contributed by atoms with Crippen LogP contribution in [-0.4, -0.2) is 0 Å².